The van der Waals surface area contributed by atoms with Gasteiger partial charge in [0.2, 0.25) is 0 Å². The summed E-state index contributed by atoms with van der Waals surface area (Å²) in [7, 11) is 0. The Labute approximate surface area is 131 Å². The van der Waals surface area contributed by atoms with E-state index in [1.54, 1.807) is 22.7 Å². The van der Waals surface area contributed by atoms with Crippen molar-refractivity contribution in [2.24, 2.45) is 0 Å². The van der Waals surface area contributed by atoms with E-state index in [4.69, 9.17) is 0 Å². The molecule has 1 amide bonds. The predicted octanol–water partition coefficient (Wildman–Crippen LogP) is 3.55. The summed E-state index contributed by atoms with van der Waals surface area (Å²) in [6.45, 7) is 4.68. The third kappa shape index (κ3) is 2.16. The molecule has 1 N–H and O–H groups in total. The quantitative estimate of drug-likeness (QED) is 0.744. The van der Waals surface area contributed by atoms with Gasteiger partial charge in [-0.3, -0.25) is 4.79 Å². The van der Waals surface area contributed by atoms with Crippen molar-refractivity contribution in [1.29, 1.82) is 0 Å². The fourth-order valence-electron chi connectivity index (χ4n) is 2.89. The van der Waals surface area contributed by atoms with Crippen LogP contribution in [0.5, 0.6) is 0 Å². The van der Waals surface area contributed by atoms with Gasteiger partial charge in [-0.2, -0.15) is 0 Å². The standard InChI is InChI=1S/C16H16N2OS2/c1-10-9-17-6-7-18(10)16(19)14-8-13-15(21-14)11-4-2-3-5-12(11)20-13/h2-5,8,10,17H,6-7,9H2,1H3/t10-/m1/s1. The zero-order valence-electron chi connectivity index (χ0n) is 11.8. The first kappa shape index (κ1) is 13.2. The maximum atomic E-state index is 12.7. The van der Waals surface area contributed by atoms with Gasteiger partial charge in [-0.05, 0) is 19.1 Å². The van der Waals surface area contributed by atoms with Gasteiger partial charge >= 0.3 is 0 Å². The van der Waals surface area contributed by atoms with Crippen LogP contribution in [0.25, 0.3) is 19.5 Å². The molecule has 0 aliphatic carbocycles. The number of nitrogens with zero attached hydrogens (tertiary/aromatic N) is 1. The van der Waals surface area contributed by atoms with Crippen molar-refractivity contribution in [2.45, 2.75) is 13.0 Å². The zero-order valence-corrected chi connectivity index (χ0v) is 13.4. The number of hydrogen-bond acceptors (Lipinski definition) is 4. The number of amides is 1. The number of carbonyl (C=O) groups excluding carboxylic acids is 1. The second-order valence-electron chi connectivity index (χ2n) is 5.45. The van der Waals surface area contributed by atoms with Crippen LogP contribution in [0.1, 0.15) is 16.6 Å². The van der Waals surface area contributed by atoms with E-state index in [0.29, 0.717) is 0 Å². The van der Waals surface area contributed by atoms with Crippen LogP contribution in [-0.4, -0.2) is 36.5 Å². The molecule has 5 heteroatoms. The summed E-state index contributed by atoms with van der Waals surface area (Å²) in [5, 5.41) is 4.60. The number of benzene rings is 1. The minimum absolute atomic E-state index is 0.182. The van der Waals surface area contributed by atoms with Crippen molar-refractivity contribution in [2.75, 3.05) is 19.6 Å². The average Bonchev–Trinajstić information content (AvgIpc) is 3.04. The third-order valence-corrected chi connectivity index (χ3v) is 6.43. The van der Waals surface area contributed by atoms with Crippen molar-refractivity contribution >= 4 is 48.1 Å². The minimum Gasteiger partial charge on any atom is -0.333 e. The Morgan fingerprint density at radius 1 is 1.29 bits per heavy atom. The van der Waals surface area contributed by atoms with Gasteiger partial charge in [0.05, 0.1) is 9.58 Å². The molecule has 1 aliphatic rings. The van der Waals surface area contributed by atoms with Gasteiger partial charge in [0.15, 0.2) is 0 Å². The molecule has 108 valence electrons. The fraction of sp³-hybridized carbons (Fsp3) is 0.312. The summed E-state index contributed by atoms with van der Waals surface area (Å²) >= 11 is 3.41. The molecule has 0 radical (unpaired) electrons. The SMILES string of the molecule is C[C@@H]1CNCCN1C(=O)c1cc2sc3ccccc3c2s1. The van der Waals surface area contributed by atoms with Gasteiger partial charge in [0, 0.05) is 40.5 Å². The molecule has 3 heterocycles. The topological polar surface area (TPSA) is 32.3 Å². The Hall–Kier alpha value is -1.43. The highest BCUT2D eigenvalue weighted by Crippen LogP contribution is 2.39. The van der Waals surface area contributed by atoms with E-state index in [1.807, 2.05) is 4.90 Å². The lowest BCUT2D eigenvalue weighted by Crippen LogP contribution is -2.52. The molecule has 1 aromatic carbocycles. The molecule has 4 rings (SSSR count). The number of nitrogens with one attached hydrogen (secondary N) is 1. The monoisotopic (exact) mass is 316 g/mol. The van der Waals surface area contributed by atoms with E-state index in [9.17, 15) is 4.79 Å². The Balaban J connectivity index is 1.74. The lowest BCUT2D eigenvalue weighted by molar-refractivity contribution is 0.0661. The number of fused-ring (bicyclic) bond motifs is 3. The van der Waals surface area contributed by atoms with Gasteiger partial charge in [-0.25, -0.2) is 0 Å². The number of rotatable bonds is 1. The predicted molar refractivity (Wildman–Crippen MR) is 90.6 cm³/mol. The van der Waals surface area contributed by atoms with Crippen molar-refractivity contribution in [3.8, 4) is 0 Å². The first-order chi connectivity index (χ1) is 10.2. The Bertz CT molecular complexity index is 820. The lowest BCUT2D eigenvalue weighted by Gasteiger charge is -2.33. The van der Waals surface area contributed by atoms with Gasteiger partial charge in [0.25, 0.3) is 5.91 Å². The normalized spacial score (nSPS) is 19.5. The van der Waals surface area contributed by atoms with E-state index in [2.05, 4.69) is 42.6 Å². The summed E-state index contributed by atoms with van der Waals surface area (Å²) in [4.78, 5) is 15.6. The highest BCUT2D eigenvalue weighted by molar-refractivity contribution is 7.33. The molecule has 1 fully saturated rings. The van der Waals surface area contributed by atoms with E-state index in [-0.39, 0.29) is 11.9 Å². The third-order valence-electron chi connectivity index (χ3n) is 4.02. The van der Waals surface area contributed by atoms with Crippen molar-refractivity contribution < 1.29 is 4.79 Å². The maximum Gasteiger partial charge on any atom is 0.264 e. The lowest BCUT2D eigenvalue weighted by atomic mass is 10.2. The van der Waals surface area contributed by atoms with Crippen molar-refractivity contribution in [3.63, 3.8) is 0 Å². The smallest absolute Gasteiger partial charge is 0.264 e. The van der Waals surface area contributed by atoms with E-state index >= 15 is 0 Å². The van der Waals surface area contributed by atoms with Gasteiger partial charge < -0.3 is 10.2 Å². The van der Waals surface area contributed by atoms with Crippen LogP contribution in [0.4, 0.5) is 0 Å². The molecule has 3 aromatic rings. The number of piperazine rings is 1. The molecule has 3 nitrogen and oxygen atoms in total. The van der Waals surface area contributed by atoms with Crippen LogP contribution < -0.4 is 5.32 Å². The van der Waals surface area contributed by atoms with Gasteiger partial charge in [0.1, 0.15) is 0 Å². The molecular weight excluding hydrogens is 300 g/mol. The van der Waals surface area contributed by atoms with Gasteiger partial charge in [-0.1, -0.05) is 18.2 Å². The Morgan fingerprint density at radius 2 is 2.14 bits per heavy atom. The van der Waals surface area contributed by atoms with E-state index in [0.717, 1.165) is 24.5 Å². The molecule has 0 unspecified atom stereocenters. The molecule has 2 aromatic heterocycles. The van der Waals surface area contributed by atoms with Crippen LogP contribution in [-0.2, 0) is 0 Å². The largest absolute Gasteiger partial charge is 0.333 e. The second kappa shape index (κ2) is 5.09. The number of carbonyl (C=O) groups is 1. The number of thiophene rings is 2. The van der Waals surface area contributed by atoms with E-state index < -0.39 is 0 Å². The Morgan fingerprint density at radius 3 is 3.00 bits per heavy atom. The Kier molecular flexibility index (Phi) is 3.21. The summed E-state index contributed by atoms with van der Waals surface area (Å²) < 4.78 is 3.78. The minimum atomic E-state index is 0.182. The first-order valence-corrected chi connectivity index (χ1v) is 8.80. The van der Waals surface area contributed by atoms with Crippen molar-refractivity contribution in [1.82, 2.24) is 10.2 Å². The summed E-state index contributed by atoms with van der Waals surface area (Å²) in [5.41, 5.74) is 0. The molecule has 1 saturated heterocycles. The summed E-state index contributed by atoms with van der Waals surface area (Å²) in [6, 6.07) is 10.8. The van der Waals surface area contributed by atoms with Crippen LogP contribution in [0.2, 0.25) is 0 Å². The van der Waals surface area contributed by atoms with Crippen LogP contribution in [0.3, 0.4) is 0 Å². The highest BCUT2D eigenvalue weighted by atomic mass is 32.1. The molecule has 1 aliphatic heterocycles. The molecule has 0 spiro atoms. The summed E-state index contributed by atoms with van der Waals surface area (Å²) in [6.07, 6.45) is 0. The van der Waals surface area contributed by atoms with Crippen LogP contribution in [0, 0.1) is 0 Å². The average molecular weight is 316 g/mol. The summed E-state index contributed by atoms with van der Waals surface area (Å²) in [5.74, 6) is 0.182. The van der Waals surface area contributed by atoms with Crippen LogP contribution in [0.15, 0.2) is 30.3 Å². The molecule has 0 saturated carbocycles. The molecule has 1 atom stereocenters. The molecule has 21 heavy (non-hydrogen) atoms. The fourth-order valence-corrected chi connectivity index (χ4v) is 5.37. The first-order valence-electron chi connectivity index (χ1n) is 7.17. The highest BCUT2D eigenvalue weighted by Gasteiger charge is 2.25. The van der Waals surface area contributed by atoms with Gasteiger partial charge in [-0.15, -0.1) is 22.7 Å². The molecule has 0 bridgehead atoms. The maximum absolute atomic E-state index is 12.7. The zero-order chi connectivity index (χ0) is 14.4. The molecular formula is C16H16N2OS2. The second-order valence-corrected chi connectivity index (χ2v) is 7.59. The van der Waals surface area contributed by atoms with Crippen molar-refractivity contribution in [3.05, 3.63) is 35.2 Å². The number of hydrogen-bond donors (Lipinski definition) is 1. The van der Waals surface area contributed by atoms with Crippen LogP contribution >= 0.6 is 22.7 Å². The van der Waals surface area contributed by atoms with E-state index in [1.165, 1.54) is 19.5 Å².